The van der Waals surface area contributed by atoms with Gasteiger partial charge in [0.25, 0.3) is 0 Å². The molecular weight excluding hydrogens is 288 g/mol. The van der Waals surface area contributed by atoms with Gasteiger partial charge in [0.15, 0.2) is 11.5 Å². The maximum Gasteiger partial charge on any atom is 0.231 e. The van der Waals surface area contributed by atoms with Crippen molar-refractivity contribution >= 4 is 15.9 Å². The first-order chi connectivity index (χ1) is 8.17. The lowest BCUT2D eigenvalue weighted by atomic mass is 10.1. The molecule has 1 atom stereocenters. The standard InChI is InChI=1S/C12H15BrO4/c1-7(13)4-8-5-9-11(17-6-16-9)12(15-3)10(8)14-2/h5,7H,4,6H2,1-3H3. The van der Waals surface area contributed by atoms with Crippen LogP contribution in [-0.4, -0.2) is 25.8 Å². The minimum absolute atomic E-state index is 0.224. The van der Waals surface area contributed by atoms with Crippen LogP contribution < -0.4 is 18.9 Å². The number of alkyl halides is 1. The highest BCUT2D eigenvalue weighted by atomic mass is 79.9. The van der Waals surface area contributed by atoms with Crippen molar-refractivity contribution < 1.29 is 18.9 Å². The van der Waals surface area contributed by atoms with Crippen LogP contribution in [0.4, 0.5) is 0 Å². The molecule has 0 aliphatic carbocycles. The van der Waals surface area contributed by atoms with Gasteiger partial charge < -0.3 is 18.9 Å². The van der Waals surface area contributed by atoms with Crippen LogP contribution in [0.25, 0.3) is 0 Å². The summed E-state index contributed by atoms with van der Waals surface area (Å²) in [4.78, 5) is 0.349. The third-order valence-corrected chi connectivity index (χ3v) is 2.88. The smallest absolute Gasteiger partial charge is 0.231 e. The second kappa shape index (κ2) is 5.04. The van der Waals surface area contributed by atoms with E-state index in [-0.39, 0.29) is 6.79 Å². The van der Waals surface area contributed by atoms with Crippen molar-refractivity contribution in [2.45, 2.75) is 18.2 Å². The van der Waals surface area contributed by atoms with Crippen molar-refractivity contribution in [2.24, 2.45) is 0 Å². The normalized spacial score (nSPS) is 14.6. The molecule has 0 amide bonds. The molecule has 1 aliphatic heterocycles. The highest BCUT2D eigenvalue weighted by Gasteiger charge is 2.26. The summed E-state index contributed by atoms with van der Waals surface area (Å²) in [7, 11) is 3.23. The summed E-state index contributed by atoms with van der Waals surface area (Å²) in [6.45, 7) is 2.30. The topological polar surface area (TPSA) is 36.9 Å². The van der Waals surface area contributed by atoms with E-state index in [9.17, 15) is 0 Å². The molecule has 17 heavy (non-hydrogen) atoms. The maximum absolute atomic E-state index is 5.41. The van der Waals surface area contributed by atoms with E-state index in [1.165, 1.54) is 0 Å². The predicted octanol–water partition coefficient (Wildman–Crippen LogP) is 2.76. The van der Waals surface area contributed by atoms with Gasteiger partial charge in [0.1, 0.15) is 0 Å². The lowest BCUT2D eigenvalue weighted by Crippen LogP contribution is -2.02. The summed E-state index contributed by atoms with van der Waals surface area (Å²) < 4.78 is 21.5. The molecule has 0 N–H and O–H groups in total. The van der Waals surface area contributed by atoms with Crippen LogP contribution in [-0.2, 0) is 6.42 Å². The molecule has 4 nitrogen and oxygen atoms in total. The Hall–Kier alpha value is -1.10. The van der Waals surface area contributed by atoms with Gasteiger partial charge in [-0.3, -0.25) is 0 Å². The highest BCUT2D eigenvalue weighted by Crippen LogP contribution is 2.49. The summed E-state index contributed by atoms with van der Waals surface area (Å²) >= 11 is 3.53. The molecule has 1 heterocycles. The van der Waals surface area contributed by atoms with Gasteiger partial charge in [-0.25, -0.2) is 0 Å². The van der Waals surface area contributed by atoms with Crippen LogP contribution in [0.15, 0.2) is 6.07 Å². The fourth-order valence-corrected chi connectivity index (χ4v) is 2.26. The van der Waals surface area contributed by atoms with Crippen molar-refractivity contribution in [3.05, 3.63) is 11.6 Å². The van der Waals surface area contributed by atoms with Gasteiger partial charge in [-0.15, -0.1) is 0 Å². The van der Waals surface area contributed by atoms with Crippen molar-refractivity contribution in [3.8, 4) is 23.0 Å². The fraction of sp³-hybridized carbons (Fsp3) is 0.500. The molecule has 1 unspecified atom stereocenters. The van der Waals surface area contributed by atoms with Gasteiger partial charge in [0.2, 0.25) is 18.3 Å². The number of hydrogen-bond donors (Lipinski definition) is 0. The van der Waals surface area contributed by atoms with Crippen molar-refractivity contribution in [2.75, 3.05) is 21.0 Å². The average molecular weight is 303 g/mol. The number of hydrogen-bond acceptors (Lipinski definition) is 4. The van der Waals surface area contributed by atoms with E-state index in [1.54, 1.807) is 14.2 Å². The number of rotatable bonds is 4. The molecular formula is C12H15BrO4. The third kappa shape index (κ3) is 2.29. The Morgan fingerprint density at radius 3 is 2.59 bits per heavy atom. The zero-order valence-corrected chi connectivity index (χ0v) is 11.7. The fourth-order valence-electron chi connectivity index (χ4n) is 1.91. The molecule has 0 saturated carbocycles. The zero-order valence-electron chi connectivity index (χ0n) is 10.1. The van der Waals surface area contributed by atoms with E-state index in [1.807, 2.05) is 6.07 Å². The summed E-state index contributed by atoms with van der Waals surface area (Å²) in [6, 6.07) is 1.95. The highest BCUT2D eigenvalue weighted by molar-refractivity contribution is 9.09. The molecule has 1 aliphatic rings. The Balaban J connectivity index is 2.51. The van der Waals surface area contributed by atoms with E-state index in [2.05, 4.69) is 22.9 Å². The SMILES string of the molecule is COc1c(CC(C)Br)cc2c(c1OC)OCO2. The monoisotopic (exact) mass is 302 g/mol. The van der Waals surface area contributed by atoms with Crippen LogP contribution in [0.5, 0.6) is 23.0 Å². The van der Waals surface area contributed by atoms with E-state index >= 15 is 0 Å². The molecule has 0 saturated heterocycles. The second-order valence-electron chi connectivity index (χ2n) is 3.82. The minimum atomic E-state index is 0.224. The number of fused-ring (bicyclic) bond motifs is 1. The molecule has 0 fully saturated rings. The molecule has 94 valence electrons. The average Bonchev–Trinajstić information content (AvgIpc) is 2.73. The molecule has 0 bridgehead atoms. The van der Waals surface area contributed by atoms with E-state index in [0.29, 0.717) is 27.8 Å². The van der Waals surface area contributed by atoms with Crippen molar-refractivity contribution in [1.82, 2.24) is 0 Å². The van der Waals surface area contributed by atoms with Crippen LogP contribution >= 0.6 is 15.9 Å². The van der Waals surface area contributed by atoms with Gasteiger partial charge in [-0.05, 0) is 12.5 Å². The molecule has 2 rings (SSSR count). The van der Waals surface area contributed by atoms with E-state index in [4.69, 9.17) is 18.9 Å². The quantitative estimate of drug-likeness (QED) is 0.802. The number of benzene rings is 1. The minimum Gasteiger partial charge on any atom is -0.492 e. The first kappa shape index (κ1) is 12.4. The Morgan fingerprint density at radius 2 is 2.00 bits per heavy atom. The van der Waals surface area contributed by atoms with Gasteiger partial charge in [0.05, 0.1) is 14.2 Å². The van der Waals surface area contributed by atoms with E-state index < -0.39 is 0 Å². The molecule has 1 aromatic carbocycles. The van der Waals surface area contributed by atoms with Crippen molar-refractivity contribution in [3.63, 3.8) is 0 Å². The summed E-state index contributed by atoms with van der Waals surface area (Å²) in [5.41, 5.74) is 1.04. The lowest BCUT2D eigenvalue weighted by Gasteiger charge is -2.15. The first-order valence-electron chi connectivity index (χ1n) is 5.35. The molecule has 0 radical (unpaired) electrons. The largest absolute Gasteiger partial charge is 0.492 e. The maximum atomic E-state index is 5.41. The molecule has 5 heteroatoms. The summed E-state index contributed by atoms with van der Waals surface area (Å²) in [5.74, 6) is 2.65. The molecule has 0 spiro atoms. The Kier molecular flexibility index (Phi) is 3.66. The Morgan fingerprint density at radius 1 is 1.29 bits per heavy atom. The van der Waals surface area contributed by atoms with Crippen LogP contribution in [0, 0.1) is 0 Å². The predicted molar refractivity (Wildman–Crippen MR) is 67.8 cm³/mol. The van der Waals surface area contributed by atoms with E-state index in [0.717, 1.165) is 12.0 Å². The number of ether oxygens (including phenoxy) is 4. The lowest BCUT2D eigenvalue weighted by molar-refractivity contribution is 0.170. The summed E-state index contributed by atoms with van der Waals surface area (Å²) in [6.07, 6.45) is 0.830. The third-order valence-electron chi connectivity index (χ3n) is 2.56. The van der Waals surface area contributed by atoms with Gasteiger partial charge in [0, 0.05) is 10.4 Å². The van der Waals surface area contributed by atoms with Crippen LogP contribution in [0.1, 0.15) is 12.5 Å². The van der Waals surface area contributed by atoms with Crippen molar-refractivity contribution in [1.29, 1.82) is 0 Å². The molecule has 1 aromatic rings. The van der Waals surface area contributed by atoms with Gasteiger partial charge in [-0.1, -0.05) is 22.9 Å². The second-order valence-corrected chi connectivity index (χ2v) is 5.38. The van der Waals surface area contributed by atoms with Crippen LogP contribution in [0.3, 0.4) is 0 Å². The van der Waals surface area contributed by atoms with Crippen LogP contribution in [0.2, 0.25) is 0 Å². The number of halogens is 1. The zero-order chi connectivity index (χ0) is 12.4. The Bertz CT molecular complexity index is 417. The number of methoxy groups -OCH3 is 2. The molecule has 0 aromatic heterocycles. The summed E-state index contributed by atoms with van der Waals surface area (Å²) in [5, 5.41) is 0. The first-order valence-corrected chi connectivity index (χ1v) is 6.26. The Labute approximate surface area is 109 Å². The van der Waals surface area contributed by atoms with Gasteiger partial charge >= 0.3 is 0 Å². The van der Waals surface area contributed by atoms with Gasteiger partial charge in [-0.2, -0.15) is 0 Å².